The lowest BCUT2D eigenvalue weighted by Crippen LogP contribution is -2.38. The number of pyridine rings is 2. The van der Waals surface area contributed by atoms with Gasteiger partial charge in [-0.3, -0.25) is 9.78 Å². The Morgan fingerprint density at radius 1 is 1.00 bits per heavy atom. The highest BCUT2D eigenvalue weighted by Gasteiger charge is 2.24. The number of benzene rings is 1. The first kappa shape index (κ1) is 27.4. The molecule has 5 heterocycles. The normalized spacial score (nSPS) is 15.9. The smallest absolute Gasteiger partial charge is 0.410 e. The van der Waals surface area contributed by atoms with Crippen LogP contribution in [-0.4, -0.2) is 74.2 Å². The van der Waals surface area contributed by atoms with Crippen molar-refractivity contribution in [3.8, 4) is 0 Å². The number of likely N-dealkylation sites (tertiary alicyclic amines) is 1. The number of rotatable bonds is 7. The Balaban J connectivity index is 1.07. The number of anilines is 2. The van der Waals surface area contributed by atoms with Gasteiger partial charge in [-0.05, 0) is 92.6 Å². The van der Waals surface area contributed by atoms with Crippen molar-refractivity contribution >= 4 is 34.9 Å². The minimum Gasteiger partial charge on any atom is -0.450 e. The van der Waals surface area contributed by atoms with Crippen LogP contribution in [0.25, 0.3) is 11.2 Å². The van der Waals surface area contributed by atoms with Crippen molar-refractivity contribution < 1.29 is 14.3 Å². The molecule has 2 amide bonds. The fourth-order valence-corrected chi connectivity index (χ4v) is 5.67. The average molecular weight is 566 g/mol. The van der Waals surface area contributed by atoms with E-state index in [1.165, 1.54) is 0 Å². The molecule has 4 aromatic rings. The van der Waals surface area contributed by atoms with Crippen LogP contribution in [0.3, 0.4) is 0 Å². The number of carbonyl (C=O) groups is 2. The first-order chi connectivity index (χ1) is 20.6. The molecule has 0 unspecified atom stereocenters. The number of hydrogen-bond donors (Lipinski definition) is 1. The van der Waals surface area contributed by atoms with E-state index < -0.39 is 0 Å². The molecule has 2 aliphatic rings. The molecular formula is C32H35N7O3. The number of nitrogens with zero attached hydrogens (tertiary/aromatic N) is 6. The fraction of sp³-hybridized carbons (Fsp3) is 0.344. The molecule has 0 atom stereocenters. The predicted molar refractivity (Wildman–Crippen MR) is 160 cm³/mol. The lowest BCUT2D eigenvalue weighted by atomic mass is 9.91. The Morgan fingerprint density at radius 2 is 1.83 bits per heavy atom. The number of fused-ring (bicyclic) bond motifs is 1. The third kappa shape index (κ3) is 6.12. The van der Waals surface area contributed by atoms with E-state index in [2.05, 4.69) is 27.5 Å². The Kier molecular flexibility index (Phi) is 8.12. The van der Waals surface area contributed by atoms with Crippen molar-refractivity contribution in [2.24, 2.45) is 5.92 Å². The minimum atomic E-state index is -0.283. The van der Waals surface area contributed by atoms with Gasteiger partial charge in [0, 0.05) is 61.1 Å². The third-order valence-corrected chi connectivity index (χ3v) is 7.96. The minimum absolute atomic E-state index is 0.0654. The summed E-state index contributed by atoms with van der Waals surface area (Å²) in [5, 5.41) is 7.87. The Bertz CT molecular complexity index is 1570. The van der Waals surface area contributed by atoms with Gasteiger partial charge in [-0.15, -0.1) is 5.10 Å². The standard InChI is InChI=1S/C32H35N7O3/c1-2-42-32(41)38-20-14-24(15-21-38)28-7-5-17-39-29(28)35-31(36-39)34-26-10-8-25(9-11-26)30(40)37-18-12-23(13-19-37)22-27-6-3-4-16-33-27/h3-11,14,16-17,23H,2,12-13,15,18-22H2,1H3,(H,34,36). The van der Waals surface area contributed by atoms with Gasteiger partial charge in [0.25, 0.3) is 5.91 Å². The summed E-state index contributed by atoms with van der Waals surface area (Å²) in [6, 6.07) is 17.5. The van der Waals surface area contributed by atoms with Gasteiger partial charge in [-0.2, -0.15) is 4.98 Å². The summed E-state index contributed by atoms with van der Waals surface area (Å²) in [6.07, 6.45) is 9.14. The first-order valence-corrected chi connectivity index (χ1v) is 14.6. The van der Waals surface area contributed by atoms with Crippen molar-refractivity contribution in [2.75, 3.05) is 38.1 Å². The lowest BCUT2D eigenvalue weighted by molar-refractivity contribution is 0.0690. The van der Waals surface area contributed by atoms with E-state index in [0.29, 0.717) is 43.5 Å². The predicted octanol–water partition coefficient (Wildman–Crippen LogP) is 5.21. The van der Waals surface area contributed by atoms with Gasteiger partial charge in [0.1, 0.15) is 0 Å². The Labute approximate surface area is 245 Å². The van der Waals surface area contributed by atoms with Crippen LogP contribution in [0.2, 0.25) is 0 Å². The monoisotopic (exact) mass is 565 g/mol. The summed E-state index contributed by atoms with van der Waals surface area (Å²) in [5.74, 6) is 1.10. The number of hydrogen-bond acceptors (Lipinski definition) is 7. The molecule has 0 spiro atoms. The SMILES string of the molecule is CCOC(=O)N1CC=C(c2cccn3nc(Nc4ccc(C(=O)N5CCC(Cc6ccccn6)CC5)cc4)nc23)CC1. The highest BCUT2D eigenvalue weighted by molar-refractivity contribution is 5.94. The summed E-state index contributed by atoms with van der Waals surface area (Å²) in [5.41, 5.74) is 5.47. The van der Waals surface area contributed by atoms with Gasteiger partial charge >= 0.3 is 6.09 Å². The topological polar surface area (TPSA) is 105 Å². The molecule has 10 heteroatoms. The molecule has 1 N–H and O–H groups in total. The van der Waals surface area contributed by atoms with Gasteiger partial charge in [-0.1, -0.05) is 12.1 Å². The van der Waals surface area contributed by atoms with Crippen LogP contribution in [0.5, 0.6) is 0 Å². The second kappa shape index (κ2) is 12.4. The van der Waals surface area contributed by atoms with E-state index in [1.807, 2.05) is 72.7 Å². The van der Waals surface area contributed by atoms with E-state index in [1.54, 1.807) is 9.42 Å². The van der Waals surface area contributed by atoms with Crippen molar-refractivity contribution in [2.45, 2.75) is 32.6 Å². The zero-order valence-electron chi connectivity index (χ0n) is 23.8. The number of piperidine rings is 1. The van der Waals surface area contributed by atoms with Gasteiger partial charge in [-0.25, -0.2) is 9.31 Å². The summed E-state index contributed by atoms with van der Waals surface area (Å²) >= 11 is 0. The second-order valence-electron chi connectivity index (χ2n) is 10.7. The average Bonchev–Trinajstić information content (AvgIpc) is 3.45. The number of aromatic nitrogens is 4. The summed E-state index contributed by atoms with van der Waals surface area (Å²) < 4.78 is 6.88. The molecule has 2 aliphatic heterocycles. The fourth-order valence-electron chi connectivity index (χ4n) is 5.67. The van der Waals surface area contributed by atoms with Gasteiger partial charge in [0.05, 0.1) is 6.61 Å². The highest BCUT2D eigenvalue weighted by atomic mass is 16.6. The first-order valence-electron chi connectivity index (χ1n) is 14.6. The van der Waals surface area contributed by atoms with Crippen molar-refractivity contribution in [1.29, 1.82) is 0 Å². The van der Waals surface area contributed by atoms with Crippen LogP contribution < -0.4 is 5.32 Å². The van der Waals surface area contributed by atoms with Crippen LogP contribution >= 0.6 is 0 Å². The maximum Gasteiger partial charge on any atom is 0.410 e. The molecule has 1 saturated heterocycles. The maximum atomic E-state index is 13.2. The molecule has 6 rings (SSSR count). The Morgan fingerprint density at radius 3 is 2.55 bits per heavy atom. The van der Waals surface area contributed by atoms with Crippen LogP contribution in [0.1, 0.15) is 47.8 Å². The van der Waals surface area contributed by atoms with Gasteiger partial charge in [0.2, 0.25) is 5.95 Å². The molecule has 0 radical (unpaired) electrons. The zero-order valence-corrected chi connectivity index (χ0v) is 23.8. The largest absolute Gasteiger partial charge is 0.450 e. The van der Waals surface area contributed by atoms with E-state index in [4.69, 9.17) is 9.72 Å². The van der Waals surface area contributed by atoms with Crippen LogP contribution in [0, 0.1) is 5.92 Å². The van der Waals surface area contributed by atoms with E-state index in [9.17, 15) is 9.59 Å². The number of ether oxygens (including phenoxy) is 1. The molecular weight excluding hydrogens is 530 g/mol. The van der Waals surface area contributed by atoms with Crippen molar-refractivity contribution in [1.82, 2.24) is 29.4 Å². The highest BCUT2D eigenvalue weighted by Crippen LogP contribution is 2.27. The lowest BCUT2D eigenvalue weighted by Gasteiger charge is -2.32. The molecule has 216 valence electrons. The van der Waals surface area contributed by atoms with E-state index >= 15 is 0 Å². The molecule has 42 heavy (non-hydrogen) atoms. The summed E-state index contributed by atoms with van der Waals surface area (Å²) in [7, 11) is 0. The van der Waals surface area contributed by atoms with Crippen LogP contribution in [0.15, 0.2) is 73.1 Å². The maximum absolute atomic E-state index is 13.2. The molecule has 10 nitrogen and oxygen atoms in total. The molecule has 1 aromatic carbocycles. The van der Waals surface area contributed by atoms with Gasteiger partial charge in [0.15, 0.2) is 5.65 Å². The number of amides is 2. The molecule has 0 saturated carbocycles. The second-order valence-corrected chi connectivity index (χ2v) is 10.7. The quantitative estimate of drug-likeness (QED) is 0.328. The molecule has 3 aromatic heterocycles. The third-order valence-electron chi connectivity index (χ3n) is 7.96. The number of nitrogens with one attached hydrogen (secondary N) is 1. The van der Waals surface area contributed by atoms with Crippen LogP contribution in [0.4, 0.5) is 16.4 Å². The molecule has 0 aliphatic carbocycles. The van der Waals surface area contributed by atoms with Crippen LogP contribution in [-0.2, 0) is 11.2 Å². The molecule has 1 fully saturated rings. The Hall–Kier alpha value is -4.73. The zero-order chi connectivity index (χ0) is 28.9. The summed E-state index contributed by atoms with van der Waals surface area (Å²) in [6.45, 7) is 4.81. The molecule has 0 bridgehead atoms. The van der Waals surface area contributed by atoms with Crippen molar-refractivity contribution in [3.05, 3.63) is 89.9 Å². The van der Waals surface area contributed by atoms with E-state index in [-0.39, 0.29) is 12.0 Å². The van der Waals surface area contributed by atoms with Gasteiger partial charge < -0.3 is 19.9 Å². The number of carbonyl (C=O) groups excluding carboxylic acids is 2. The van der Waals surface area contributed by atoms with Crippen molar-refractivity contribution in [3.63, 3.8) is 0 Å². The van der Waals surface area contributed by atoms with E-state index in [0.717, 1.165) is 60.5 Å². The summed E-state index contributed by atoms with van der Waals surface area (Å²) in [4.78, 5) is 38.1.